The molecule has 0 spiro atoms. The summed E-state index contributed by atoms with van der Waals surface area (Å²) in [5.41, 5.74) is 1.18. The molecule has 1 saturated heterocycles. The number of carbonyl (C=O) groups excluding carboxylic acids is 2. The van der Waals surface area contributed by atoms with Gasteiger partial charge in [0.25, 0.3) is 11.7 Å². The van der Waals surface area contributed by atoms with Crippen molar-refractivity contribution in [2.24, 2.45) is 0 Å². The molecule has 10 heteroatoms. The molecule has 3 atom stereocenters. The van der Waals surface area contributed by atoms with Crippen molar-refractivity contribution in [2.45, 2.75) is 38.7 Å². The first-order valence-electron chi connectivity index (χ1n) is 11.1. The number of piperazine rings is 1. The number of hydrogen-bond donors (Lipinski definition) is 2. The van der Waals surface area contributed by atoms with Crippen molar-refractivity contribution in [3.05, 3.63) is 56.9 Å². The van der Waals surface area contributed by atoms with Crippen LogP contribution in [0.5, 0.6) is 0 Å². The molecular weight excluding hydrogens is 474 g/mol. The van der Waals surface area contributed by atoms with Crippen LogP contribution in [0, 0.1) is 0 Å². The van der Waals surface area contributed by atoms with Crippen molar-refractivity contribution < 1.29 is 14.7 Å². The van der Waals surface area contributed by atoms with E-state index in [1.807, 2.05) is 4.90 Å². The van der Waals surface area contributed by atoms with E-state index in [1.54, 1.807) is 23.5 Å². The van der Waals surface area contributed by atoms with Gasteiger partial charge in [-0.05, 0) is 37.4 Å². The van der Waals surface area contributed by atoms with E-state index in [0.29, 0.717) is 28.0 Å². The minimum atomic E-state index is -0.966. The van der Waals surface area contributed by atoms with Crippen molar-refractivity contribution in [2.75, 3.05) is 33.0 Å². The lowest BCUT2D eigenvalue weighted by atomic mass is 10.0. The second-order valence-electron chi connectivity index (χ2n) is 9.15. The van der Waals surface area contributed by atoms with Crippen LogP contribution in [0.4, 0.5) is 0 Å². The number of hydrogen-bond acceptors (Lipinski definition) is 7. The summed E-state index contributed by atoms with van der Waals surface area (Å²) in [6, 6.07) is 7.82. The zero-order valence-electron chi connectivity index (χ0n) is 19.7. The van der Waals surface area contributed by atoms with Gasteiger partial charge >= 0.3 is 0 Å². The van der Waals surface area contributed by atoms with Crippen LogP contribution < -0.4 is 5.84 Å². The van der Waals surface area contributed by atoms with E-state index in [4.69, 9.17) is 17.4 Å². The third-order valence-corrected chi connectivity index (χ3v) is 7.68. The highest BCUT2D eigenvalue weighted by Gasteiger charge is 2.34. The fourth-order valence-corrected chi connectivity index (χ4v) is 5.54. The summed E-state index contributed by atoms with van der Waals surface area (Å²) >= 11 is 8.32. The first-order valence-corrected chi connectivity index (χ1v) is 12.4. The van der Waals surface area contributed by atoms with E-state index in [9.17, 15) is 14.7 Å². The first-order chi connectivity index (χ1) is 16.1. The number of nitrogens with two attached hydrogens (primary N) is 1. The zero-order chi connectivity index (χ0) is 24.7. The van der Waals surface area contributed by atoms with Crippen LogP contribution in [0.25, 0.3) is 10.9 Å². The maximum Gasteiger partial charge on any atom is 0.294 e. The van der Waals surface area contributed by atoms with Crippen LogP contribution in [0.3, 0.4) is 0 Å². The predicted molar refractivity (Wildman–Crippen MR) is 135 cm³/mol. The van der Waals surface area contributed by atoms with Gasteiger partial charge in [-0.3, -0.25) is 24.1 Å². The molecular formula is C24H30ClN5O3S. The number of nitrogen functional groups attached to an aromatic ring is 1. The number of halogens is 1. The number of carbonyl (C=O) groups is 2. The Bertz CT molecular complexity index is 1210. The van der Waals surface area contributed by atoms with Gasteiger partial charge in [0.1, 0.15) is 6.23 Å². The molecule has 0 saturated carbocycles. The molecule has 1 aromatic carbocycles. The van der Waals surface area contributed by atoms with Gasteiger partial charge in [-0.1, -0.05) is 17.7 Å². The van der Waals surface area contributed by atoms with Gasteiger partial charge < -0.3 is 15.8 Å². The third-order valence-electron chi connectivity index (χ3n) is 6.49. The van der Waals surface area contributed by atoms with Crippen LogP contribution in [-0.4, -0.2) is 75.4 Å². The molecule has 3 heterocycles. The van der Waals surface area contributed by atoms with Gasteiger partial charge in [-0.15, -0.1) is 11.3 Å². The maximum atomic E-state index is 12.8. The zero-order valence-corrected chi connectivity index (χ0v) is 21.3. The smallest absolute Gasteiger partial charge is 0.294 e. The molecule has 0 bridgehead atoms. The first kappa shape index (κ1) is 24.7. The molecule has 1 aliphatic rings. The Kier molecular flexibility index (Phi) is 7.02. The molecule has 1 aliphatic heterocycles. The Balaban J connectivity index is 1.62. The lowest BCUT2D eigenvalue weighted by Gasteiger charge is -2.46. The summed E-state index contributed by atoms with van der Waals surface area (Å²) in [6.45, 7) is 6.59. The molecule has 182 valence electrons. The highest BCUT2D eigenvalue weighted by molar-refractivity contribution is 7.09. The Morgan fingerprint density at radius 2 is 2.00 bits per heavy atom. The summed E-state index contributed by atoms with van der Waals surface area (Å²) < 4.78 is 1.28. The molecule has 2 aromatic heterocycles. The molecule has 8 nitrogen and oxygen atoms in total. The van der Waals surface area contributed by atoms with Crippen LogP contribution in [0.1, 0.15) is 40.9 Å². The number of rotatable bonds is 6. The molecule has 1 unspecified atom stereocenters. The van der Waals surface area contributed by atoms with Crippen LogP contribution >= 0.6 is 22.9 Å². The summed E-state index contributed by atoms with van der Waals surface area (Å²) in [5.74, 6) is 4.74. The van der Waals surface area contributed by atoms with E-state index in [0.717, 1.165) is 13.1 Å². The number of aliphatic hydroxyl groups is 1. The van der Waals surface area contributed by atoms with Gasteiger partial charge in [0.15, 0.2) is 0 Å². The van der Waals surface area contributed by atoms with Crippen LogP contribution in [0.15, 0.2) is 35.8 Å². The Hall–Kier alpha value is -2.43. The number of fused-ring (bicyclic) bond motifs is 1. The van der Waals surface area contributed by atoms with Crippen molar-refractivity contribution in [1.82, 2.24) is 19.4 Å². The lowest BCUT2D eigenvalue weighted by Crippen LogP contribution is -2.56. The second kappa shape index (κ2) is 9.67. The van der Waals surface area contributed by atoms with Gasteiger partial charge in [0.2, 0.25) is 0 Å². The molecule has 1 fully saturated rings. The van der Waals surface area contributed by atoms with Gasteiger partial charge in [0.05, 0.1) is 11.1 Å². The average molecular weight is 504 g/mol. The van der Waals surface area contributed by atoms with Crippen molar-refractivity contribution in [1.29, 1.82) is 0 Å². The molecule has 4 rings (SSSR count). The molecule has 0 aliphatic carbocycles. The average Bonchev–Trinajstić information content (AvgIpc) is 3.41. The van der Waals surface area contributed by atoms with E-state index >= 15 is 0 Å². The molecule has 3 aromatic rings. The van der Waals surface area contributed by atoms with Gasteiger partial charge in [0, 0.05) is 72.9 Å². The topological polar surface area (TPSA) is 95.0 Å². The SMILES string of the molecule is C[C@@H]1CN(Cc2cccs2)[C@@H](C)CN1C(O)c1cc2c(C(=O)C(=O)N(C)C)cn(N)c2cc1Cl. The van der Waals surface area contributed by atoms with E-state index < -0.39 is 17.9 Å². The van der Waals surface area contributed by atoms with E-state index in [-0.39, 0.29) is 17.6 Å². The van der Waals surface area contributed by atoms with Crippen molar-refractivity contribution >= 4 is 45.5 Å². The van der Waals surface area contributed by atoms with Crippen molar-refractivity contribution in [3.63, 3.8) is 0 Å². The fourth-order valence-electron chi connectivity index (χ4n) is 4.55. The van der Waals surface area contributed by atoms with E-state index in [1.165, 1.54) is 34.7 Å². The number of nitrogens with zero attached hydrogens (tertiary/aromatic N) is 4. The number of Topliss-reactive ketones (excluding diaryl/α,β-unsaturated/α-hetero) is 1. The number of aromatic nitrogens is 1. The summed E-state index contributed by atoms with van der Waals surface area (Å²) in [4.78, 5) is 32.1. The normalized spacial score (nSPS) is 20.5. The monoisotopic (exact) mass is 503 g/mol. The number of thiophene rings is 1. The number of ketones is 1. The second-order valence-corrected chi connectivity index (χ2v) is 10.6. The van der Waals surface area contributed by atoms with E-state index in [2.05, 4.69) is 36.3 Å². The quantitative estimate of drug-likeness (QED) is 0.305. The van der Waals surface area contributed by atoms with Gasteiger partial charge in [-0.2, -0.15) is 0 Å². The van der Waals surface area contributed by atoms with Crippen molar-refractivity contribution in [3.8, 4) is 0 Å². The Morgan fingerprint density at radius 3 is 2.65 bits per heavy atom. The minimum Gasteiger partial charge on any atom is -0.374 e. The summed E-state index contributed by atoms with van der Waals surface area (Å²) in [6.07, 6.45) is 0.460. The third kappa shape index (κ3) is 4.58. The summed E-state index contributed by atoms with van der Waals surface area (Å²) in [7, 11) is 3.04. The summed E-state index contributed by atoms with van der Waals surface area (Å²) in [5, 5.41) is 14.3. The standard InChI is InChI=1S/C24H30ClN5O3S/c1-14-11-29(15(2)10-28(14)12-16-6-5-7-34-16)23(32)18-8-17-19(22(31)24(33)27(3)4)13-30(26)21(17)9-20(18)25/h5-9,13-15,23,32H,10-12,26H2,1-4H3/t14-,15+,23?/m0/s1. The molecule has 3 N–H and O–H groups in total. The number of benzene rings is 1. The van der Waals surface area contributed by atoms with Crippen LogP contribution in [0.2, 0.25) is 5.02 Å². The number of aliphatic hydroxyl groups excluding tert-OH is 1. The Morgan fingerprint density at radius 1 is 1.26 bits per heavy atom. The molecule has 34 heavy (non-hydrogen) atoms. The highest BCUT2D eigenvalue weighted by Crippen LogP contribution is 2.35. The Labute approximate surface area is 208 Å². The minimum absolute atomic E-state index is 0.0773. The maximum absolute atomic E-state index is 12.8. The molecule has 1 amide bonds. The van der Waals surface area contributed by atoms with Crippen LogP contribution in [-0.2, 0) is 11.3 Å². The largest absolute Gasteiger partial charge is 0.374 e. The molecule has 0 radical (unpaired) electrons. The number of amides is 1. The lowest BCUT2D eigenvalue weighted by molar-refractivity contribution is -0.124. The fraction of sp³-hybridized carbons (Fsp3) is 0.417. The number of likely N-dealkylation sites (N-methyl/N-ethyl adjacent to an activating group) is 1. The highest BCUT2D eigenvalue weighted by atomic mass is 35.5. The predicted octanol–water partition coefficient (Wildman–Crippen LogP) is 2.93. The van der Waals surface area contributed by atoms with Gasteiger partial charge in [-0.25, -0.2) is 0 Å².